The van der Waals surface area contributed by atoms with Crippen LogP contribution in [0.2, 0.25) is 5.02 Å². The van der Waals surface area contributed by atoms with Gasteiger partial charge < -0.3 is 5.32 Å². The summed E-state index contributed by atoms with van der Waals surface area (Å²) in [5.41, 5.74) is 1.38. The first kappa shape index (κ1) is 20.3. The average Bonchev–Trinajstić information content (AvgIpc) is 3.11. The number of carbonyl (C=O) groups is 1. The molecule has 0 unspecified atom stereocenters. The summed E-state index contributed by atoms with van der Waals surface area (Å²) in [7, 11) is -3.60. The van der Waals surface area contributed by atoms with E-state index in [-0.39, 0.29) is 16.7 Å². The number of carbonyl (C=O) groups excluding carboxylic acids is 1. The number of benzene rings is 1. The normalized spacial score (nSPS) is 18.4. The number of thiazole rings is 1. The minimum absolute atomic E-state index is 0.0593. The Morgan fingerprint density at radius 1 is 1.44 bits per heavy atom. The first-order valence-electron chi connectivity index (χ1n) is 8.73. The molecule has 2 heterocycles. The number of amides is 1. The second kappa shape index (κ2) is 8.26. The summed E-state index contributed by atoms with van der Waals surface area (Å²) in [6.45, 7) is 4.49. The number of halogens is 1. The highest BCUT2D eigenvalue weighted by Crippen LogP contribution is 2.33. The third kappa shape index (κ3) is 4.51. The van der Waals surface area contributed by atoms with Crippen LogP contribution in [0.5, 0.6) is 0 Å². The van der Waals surface area contributed by atoms with Crippen molar-refractivity contribution in [2.24, 2.45) is 0 Å². The largest absolute Gasteiger partial charge is 0.351 e. The van der Waals surface area contributed by atoms with Gasteiger partial charge in [0.2, 0.25) is 15.9 Å². The summed E-state index contributed by atoms with van der Waals surface area (Å²) in [6.07, 6.45) is 1.68. The van der Waals surface area contributed by atoms with Crippen LogP contribution in [-0.4, -0.2) is 36.7 Å². The lowest BCUT2D eigenvalue weighted by atomic mass is 10.0. The molecule has 0 bridgehead atoms. The predicted octanol–water partition coefficient (Wildman–Crippen LogP) is 3.31. The van der Waals surface area contributed by atoms with Crippen LogP contribution in [0.1, 0.15) is 41.9 Å². The molecule has 0 radical (unpaired) electrons. The molecule has 1 aromatic carbocycles. The van der Waals surface area contributed by atoms with E-state index in [0.29, 0.717) is 30.2 Å². The van der Waals surface area contributed by atoms with Gasteiger partial charge in [0.05, 0.1) is 22.1 Å². The Morgan fingerprint density at radius 2 is 2.22 bits per heavy atom. The lowest BCUT2D eigenvalue weighted by Crippen LogP contribution is -2.39. The number of piperidine rings is 1. The molecule has 1 amide bonds. The molecule has 0 spiro atoms. The molecule has 0 saturated carbocycles. The minimum Gasteiger partial charge on any atom is -0.351 e. The lowest BCUT2D eigenvalue weighted by Gasteiger charge is -2.31. The fourth-order valence-electron chi connectivity index (χ4n) is 3.17. The van der Waals surface area contributed by atoms with Gasteiger partial charge in [-0.1, -0.05) is 17.7 Å². The van der Waals surface area contributed by atoms with Crippen molar-refractivity contribution < 1.29 is 13.2 Å². The van der Waals surface area contributed by atoms with Crippen molar-refractivity contribution in [2.75, 3.05) is 13.1 Å². The number of rotatable bonds is 5. The van der Waals surface area contributed by atoms with Gasteiger partial charge in [-0.05, 0) is 37.5 Å². The number of sulfonamides is 1. The molecule has 1 atom stereocenters. The molecule has 27 heavy (non-hydrogen) atoms. The van der Waals surface area contributed by atoms with Crippen LogP contribution < -0.4 is 5.32 Å². The van der Waals surface area contributed by atoms with Gasteiger partial charge in [0.1, 0.15) is 0 Å². The first-order valence-corrected chi connectivity index (χ1v) is 11.4. The monoisotopic (exact) mass is 427 g/mol. The van der Waals surface area contributed by atoms with Gasteiger partial charge in [-0.2, -0.15) is 4.31 Å². The van der Waals surface area contributed by atoms with E-state index >= 15 is 0 Å². The van der Waals surface area contributed by atoms with Gasteiger partial charge in [-0.3, -0.25) is 4.79 Å². The third-order valence-electron chi connectivity index (χ3n) is 4.66. The fraction of sp³-hybridized carbons (Fsp3) is 0.444. The molecular formula is C18H22ClN3O3S2. The van der Waals surface area contributed by atoms with Crippen molar-refractivity contribution in [1.29, 1.82) is 0 Å². The average molecular weight is 428 g/mol. The van der Waals surface area contributed by atoms with Gasteiger partial charge in [0.15, 0.2) is 0 Å². The second-order valence-corrected chi connectivity index (χ2v) is 9.86. The van der Waals surface area contributed by atoms with Crippen LogP contribution in [0.3, 0.4) is 0 Å². The zero-order chi connectivity index (χ0) is 19.6. The summed E-state index contributed by atoms with van der Waals surface area (Å²) in [5.74, 6) is -0.0412. The smallest absolute Gasteiger partial charge is 0.243 e. The predicted molar refractivity (Wildman–Crippen MR) is 107 cm³/mol. The summed E-state index contributed by atoms with van der Waals surface area (Å²) >= 11 is 7.63. The van der Waals surface area contributed by atoms with E-state index in [4.69, 9.17) is 11.6 Å². The Hall–Kier alpha value is -1.48. The molecule has 1 aliphatic rings. The molecule has 0 aliphatic carbocycles. The standard InChI is InChI=1S/C18H22ClN3O3S2/c1-12-16(19)6-3-7-17(12)27(24,25)22-8-4-5-14(10-22)18-21-15(11-26-18)9-20-13(2)23/h3,6-7,11,14H,4-5,8-10H2,1-2H3,(H,20,23)/t14-/m0/s1. The number of hydrogen-bond donors (Lipinski definition) is 1. The second-order valence-electron chi connectivity index (χ2n) is 6.65. The quantitative estimate of drug-likeness (QED) is 0.793. The maximum atomic E-state index is 13.1. The third-order valence-corrected chi connectivity index (χ3v) is 8.13. The summed E-state index contributed by atoms with van der Waals surface area (Å²) in [5, 5.41) is 6.01. The summed E-state index contributed by atoms with van der Waals surface area (Å²) in [4.78, 5) is 15.9. The van der Waals surface area contributed by atoms with Gasteiger partial charge in [-0.25, -0.2) is 13.4 Å². The Kier molecular flexibility index (Phi) is 6.20. The van der Waals surface area contributed by atoms with E-state index in [1.807, 2.05) is 5.38 Å². The molecule has 6 nitrogen and oxygen atoms in total. The van der Waals surface area contributed by atoms with Crippen molar-refractivity contribution >= 4 is 38.9 Å². The van der Waals surface area contributed by atoms with Crippen LogP contribution in [0.15, 0.2) is 28.5 Å². The molecule has 9 heteroatoms. The summed E-state index contributed by atoms with van der Waals surface area (Å²) in [6, 6.07) is 4.97. The van der Waals surface area contributed by atoms with Crippen molar-refractivity contribution in [3.05, 3.63) is 44.9 Å². The molecule has 1 fully saturated rings. The highest BCUT2D eigenvalue weighted by Gasteiger charge is 2.33. The van der Waals surface area contributed by atoms with E-state index in [1.54, 1.807) is 25.1 Å². The molecular weight excluding hydrogens is 406 g/mol. The number of nitrogens with zero attached hydrogens (tertiary/aromatic N) is 2. The first-order chi connectivity index (χ1) is 12.8. The lowest BCUT2D eigenvalue weighted by molar-refractivity contribution is -0.119. The van der Waals surface area contributed by atoms with Crippen molar-refractivity contribution in [2.45, 2.75) is 44.0 Å². The molecule has 146 valence electrons. The van der Waals surface area contributed by atoms with Crippen molar-refractivity contribution in [1.82, 2.24) is 14.6 Å². The Balaban J connectivity index is 1.78. The van der Waals surface area contributed by atoms with Crippen LogP contribution >= 0.6 is 22.9 Å². The zero-order valence-corrected chi connectivity index (χ0v) is 17.6. The number of hydrogen-bond acceptors (Lipinski definition) is 5. The maximum Gasteiger partial charge on any atom is 0.243 e. The molecule has 1 aromatic heterocycles. The zero-order valence-electron chi connectivity index (χ0n) is 15.2. The Bertz CT molecular complexity index is 943. The van der Waals surface area contributed by atoms with Crippen LogP contribution in [0.25, 0.3) is 0 Å². The van der Waals surface area contributed by atoms with Crippen LogP contribution in [0.4, 0.5) is 0 Å². The van der Waals surface area contributed by atoms with Crippen molar-refractivity contribution in [3.63, 3.8) is 0 Å². The molecule has 2 aromatic rings. The van der Waals surface area contributed by atoms with Gasteiger partial charge >= 0.3 is 0 Å². The maximum absolute atomic E-state index is 13.1. The van der Waals surface area contributed by atoms with Gasteiger partial charge in [0, 0.05) is 36.3 Å². The molecule has 1 N–H and O–H groups in total. The van der Waals surface area contributed by atoms with Crippen LogP contribution in [0, 0.1) is 6.92 Å². The molecule has 1 aliphatic heterocycles. The fourth-order valence-corrected chi connectivity index (χ4v) is 6.12. The molecule has 1 saturated heterocycles. The summed E-state index contributed by atoms with van der Waals surface area (Å²) < 4.78 is 27.8. The Morgan fingerprint density at radius 3 is 2.96 bits per heavy atom. The van der Waals surface area contributed by atoms with E-state index in [2.05, 4.69) is 10.3 Å². The van der Waals surface area contributed by atoms with Crippen molar-refractivity contribution in [3.8, 4) is 0 Å². The highest BCUT2D eigenvalue weighted by molar-refractivity contribution is 7.89. The number of nitrogens with one attached hydrogen (secondary N) is 1. The highest BCUT2D eigenvalue weighted by atomic mass is 35.5. The van der Waals surface area contributed by atoms with E-state index in [0.717, 1.165) is 23.5 Å². The SMILES string of the molecule is CC(=O)NCc1csc([C@H]2CCCN(S(=O)(=O)c3cccc(Cl)c3C)C2)n1. The Labute approximate surface area is 168 Å². The van der Waals surface area contributed by atoms with E-state index in [9.17, 15) is 13.2 Å². The van der Waals surface area contributed by atoms with Crippen LogP contribution in [-0.2, 0) is 21.4 Å². The van der Waals surface area contributed by atoms with Gasteiger partial charge in [0.25, 0.3) is 0 Å². The van der Waals surface area contributed by atoms with E-state index < -0.39 is 10.0 Å². The van der Waals surface area contributed by atoms with Gasteiger partial charge in [-0.15, -0.1) is 11.3 Å². The number of aromatic nitrogens is 1. The topological polar surface area (TPSA) is 79.4 Å². The van der Waals surface area contributed by atoms with E-state index in [1.165, 1.54) is 22.6 Å². The minimum atomic E-state index is -3.60. The molecule has 3 rings (SSSR count).